The Balaban J connectivity index is 1.60. The van der Waals surface area contributed by atoms with Crippen molar-refractivity contribution in [2.24, 2.45) is 0 Å². The fraction of sp³-hybridized carbons (Fsp3) is 0.235. The molecular formula is C34H22Cl4N2O8. The first-order valence-corrected chi connectivity index (χ1v) is 16.3. The van der Waals surface area contributed by atoms with Crippen LogP contribution in [0.5, 0.6) is 0 Å². The SMILES string of the molecule is CCOC(=O)[C@H](C)N1C(=O)c2cc(Cl)c3c4c(Cl)cc5c6c(cc(Cl)c(c7c(Cl)cc(c2c37)C1=O)c64)C(=O)N([C@@H](C)C(=O)OCC)C5=O. The number of nitrogens with zero attached hydrogens (tertiary/aromatic N) is 2. The van der Waals surface area contributed by atoms with Gasteiger partial charge in [-0.1, -0.05) is 46.4 Å². The first-order chi connectivity index (χ1) is 22.8. The van der Waals surface area contributed by atoms with E-state index in [0.717, 1.165) is 9.80 Å². The highest BCUT2D eigenvalue weighted by molar-refractivity contribution is 6.56. The number of hydrogen-bond donors (Lipinski definition) is 0. The fourth-order valence-electron chi connectivity index (χ4n) is 6.94. The van der Waals surface area contributed by atoms with Crippen molar-refractivity contribution in [2.75, 3.05) is 13.2 Å². The van der Waals surface area contributed by atoms with Crippen molar-refractivity contribution >= 4 is 125 Å². The molecule has 14 heteroatoms. The Bertz CT molecular complexity index is 2090. The van der Waals surface area contributed by atoms with Crippen LogP contribution in [0.4, 0.5) is 0 Å². The molecule has 5 aromatic carbocycles. The number of hydrogen-bond acceptors (Lipinski definition) is 8. The van der Waals surface area contributed by atoms with E-state index in [2.05, 4.69) is 0 Å². The number of amides is 4. The van der Waals surface area contributed by atoms with Crippen LogP contribution in [0.25, 0.3) is 43.1 Å². The Morgan fingerprint density at radius 2 is 0.771 bits per heavy atom. The molecule has 0 fully saturated rings. The molecule has 48 heavy (non-hydrogen) atoms. The summed E-state index contributed by atoms with van der Waals surface area (Å²) in [6, 6.07) is 3.05. The van der Waals surface area contributed by atoms with Gasteiger partial charge < -0.3 is 9.47 Å². The predicted molar refractivity (Wildman–Crippen MR) is 181 cm³/mol. The largest absolute Gasteiger partial charge is 0.464 e. The average Bonchev–Trinajstić information content (AvgIpc) is 3.04. The van der Waals surface area contributed by atoms with Gasteiger partial charge in [0.15, 0.2) is 0 Å². The standard InChI is InChI=1S/C34H22Cl4N2O8/c1-5-47-33(45)11(3)39-29(41)13-7-17(35)23-25-19(37)9-15-22-16(32(44)40(31(15)43)12(4)34(46)48-6-2)10-20(38)26(28(22)25)24-18(36)8-14(30(39)42)21(13)27(23)24/h7-12H,5-6H2,1-4H3/t11-,12-/m0/s1. The van der Waals surface area contributed by atoms with E-state index in [9.17, 15) is 28.8 Å². The van der Waals surface area contributed by atoms with Crippen LogP contribution in [-0.2, 0) is 19.1 Å². The summed E-state index contributed by atoms with van der Waals surface area (Å²) in [5.41, 5.74) is 0.158. The van der Waals surface area contributed by atoms with Gasteiger partial charge in [0.1, 0.15) is 12.1 Å². The molecule has 2 heterocycles. The number of benzene rings is 5. The molecule has 0 aromatic heterocycles. The molecule has 0 saturated carbocycles. The van der Waals surface area contributed by atoms with Gasteiger partial charge in [0.25, 0.3) is 23.6 Å². The Hall–Kier alpha value is -4.22. The van der Waals surface area contributed by atoms with Crippen LogP contribution in [0.15, 0.2) is 24.3 Å². The third kappa shape index (κ3) is 4.13. The van der Waals surface area contributed by atoms with Crippen LogP contribution in [-0.4, -0.2) is 70.7 Å². The van der Waals surface area contributed by atoms with Gasteiger partial charge in [0, 0.05) is 63.2 Å². The first-order valence-electron chi connectivity index (χ1n) is 14.8. The average molecular weight is 728 g/mol. The van der Waals surface area contributed by atoms with E-state index in [4.69, 9.17) is 55.9 Å². The summed E-state index contributed by atoms with van der Waals surface area (Å²) >= 11 is 27.9. The van der Waals surface area contributed by atoms with Crippen molar-refractivity contribution in [3.05, 3.63) is 66.6 Å². The number of ether oxygens (including phenoxy) is 2. The molecule has 7 rings (SSSR count). The second kappa shape index (κ2) is 11.2. The monoisotopic (exact) mass is 726 g/mol. The normalized spacial score (nSPS) is 15.8. The van der Waals surface area contributed by atoms with Crippen molar-refractivity contribution in [1.82, 2.24) is 9.80 Å². The van der Waals surface area contributed by atoms with E-state index in [1.54, 1.807) is 13.8 Å². The first kappa shape index (κ1) is 32.3. The highest BCUT2D eigenvalue weighted by atomic mass is 35.5. The molecule has 0 aliphatic carbocycles. The number of carbonyl (C=O) groups excluding carboxylic acids is 6. The lowest BCUT2D eigenvalue weighted by atomic mass is 9.81. The maximum absolute atomic E-state index is 13.9. The molecule has 0 N–H and O–H groups in total. The molecular weight excluding hydrogens is 706 g/mol. The maximum atomic E-state index is 13.9. The Kier molecular flexibility index (Phi) is 7.52. The Morgan fingerprint density at radius 1 is 0.521 bits per heavy atom. The Morgan fingerprint density at radius 3 is 1.00 bits per heavy atom. The summed E-state index contributed by atoms with van der Waals surface area (Å²) in [7, 11) is 0. The smallest absolute Gasteiger partial charge is 0.329 e. The minimum Gasteiger partial charge on any atom is -0.464 e. The van der Waals surface area contributed by atoms with Crippen molar-refractivity contribution in [2.45, 2.75) is 39.8 Å². The maximum Gasteiger partial charge on any atom is 0.329 e. The van der Waals surface area contributed by atoms with Crippen LogP contribution >= 0.6 is 46.4 Å². The third-order valence-corrected chi connectivity index (χ3v) is 10.1. The van der Waals surface area contributed by atoms with Crippen molar-refractivity contribution in [1.29, 1.82) is 0 Å². The van der Waals surface area contributed by atoms with Gasteiger partial charge in [0.2, 0.25) is 0 Å². The van der Waals surface area contributed by atoms with Gasteiger partial charge in [-0.2, -0.15) is 0 Å². The lowest BCUT2D eigenvalue weighted by molar-refractivity contribution is -0.147. The molecule has 2 atom stereocenters. The molecule has 4 amide bonds. The zero-order valence-corrected chi connectivity index (χ0v) is 28.6. The van der Waals surface area contributed by atoms with Crippen LogP contribution < -0.4 is 0 Å². The van der Waals surface area contributed by atoms with Gasteiger partial charge in [-0.3, -0.25) is 29.0 Å². The van der Waals surface area contributed by atoms with Crippen LogP contribution in [0.3, 0.4) is 0 Å². The highest BCUT2D eigenvalue weighted by Crippen LogP contribution is 2.53. The number of halogens is 4. The number of imide groups is 2. The summed E-state index contributed by atoms with van der Waals surface area (Å²) in [5, 5.41) is 2.51. The summed E-state index contributed by atoms with van der Waals surface area (Å²) in [5.74, 6) is -4.61. The number of esters is 2. The Labute approximate surface area is 291 Å². The minimum atomic E-state index is -1.25. The summed E-state index contributed by atoms with van der Waals surface area (Å²) in [6.07, 6.45) is 0. The van der Waals surface area contributed by atoms with Gasteiger partial charge in [-0.25, -0.2) is 9.59 Å². The fourth-order valence-corrected chi connectivity index (χ4v) is 8.13. The molecule has 0 bridgehead atoms. The van der Waals surface area contributed by atoms with Gasteiger partial charge in [-0.15, -0.1) is 0 Å². The van der Waals surface area contributed by atoms with E-state index in [1.165, 1.54) is 38.1 Å². The number of fused-ring (bicyclic) bond motifs is 2. The molecule has 5 aromatic rings. The summed E-state index contributed by atoms with van der Waals surface area (Å²) in [4.78, 5) is 82.6. The lowest BCUT2D eigenvalue weighted by Gasteiger charge is -2.33. The van der Waals surface area contributed by atoms with Gasteiger partial charge in [-0.05, 0) is 52.0 Å². The van der Waals surface area contributed by atoms with E-state index < -0.39 is 47.7 Å². The summed E-state index contributed by atoms with van der Waals surface area (Å²) in [6.45, 7) is 6.08. The molecule has 2 aliphatic rings. The quantitative estimate of drug-likeness (QED) is 0.0764. The third-order valence-electron chi connectivity index (χ3n) is 8.94. The molecule has 0 spiro atoms. The van der Waals surface area contributed by atoms with Crippen LogP contribution in [0, 0.1) is 0 Å². The van der Waals surface area contributed by atoms with Crippen molar-refractivity contribution < 1.29 is 38.2 Å². The zero-order chi connectivity index (χ0) is 34.7. The zero-order valence-electron chi connectivity index (χ0n) is 25.6. The number of rotatable bonds is 6. The van der Waals surface area contributed by atoms with Crippen LogP contribution in [0.2, 0.25) is 20.1 Å². The second-order valence-electron chi connectivity index (χ2n) is 11.4. The highest BCUT2D eigenvalue weighted by Gasteiger charge is 2.43. The summed E-state index contributed by atoms with van der Waals surface area (Å²) < 4.78 is 10.1. The van der Waals surface area contributed by atoms with Gasteiger partial charge >= 0.3 is 11.9 Å². The van der Waals surface area contributed by atoms with E-state index >= 15 is 0 Å². The van der Waals surface area contributed by atoms with Crippen LogP contribution in [0.1, 0.15) is 69.1 Å². The molecule has 2 aliphatic heterocycles. The van der Waals surface area contributed by atoms with Gasteiger partial charge in [0.05, 0.1) is 35.5 Å². The molecule has 244 valence electrons. The molecule has 0 radical (unpaired) electrons. The van der Waals surface area contributed by atoms with Crippen molar-refractivity contribution in [3.63, 3.8) is 0 Å². The molecule has 10 nitrogen and oxygen atoms in total. The molecule has 0 saturated heterocycles. The van der Waals surface area contributed by atoms with E-state index in [-0.39, 0.29) is 66.3 Å². The molecule has 0 unspecified atom stereocenters. The predicted octanol–water partition coefficient (Wildman–Crippen LogP) is 7.45. The van der Waals surface area contributed by atoms with E-state index in [1.807, 2.05) is 0 Å². The van der Waals surface area contributed by atoms with E-state index in [0.29, 0.717) is 32.3 Å². The van der Waals surface area contributed by atoms with Crippen molar-refractivity contribution in [3.8, 4) is 0 Å². The second-order valence-corrected chi connectivity index (χ2v) is 13.1. The lowest BCUT2D eigenvalue weighted by Crippen LogP contribution is -2.49. The number of carbonyl (C=O) groups is 6. The minimum absolute atomic E-state index is 0.0395. The topological polar surface area (TPSA) is 127 Å².